The Bertz CT molecular complexity index is 401. The van der Waals surface area contributed by atoms with Gasteiger partial charge >= 0.3 is 0 Å². The Morgan fingerprint density at radius 3 is 3.12 bits per heavy atom. The lowest BCUT2D eigenvalue weighted by molar-refractivity contribution is 0.248. The third-order valence-electron chi connectivity index (χ3n) is 4.44. The van der Waals surface area contributed by atoms with E-state index >= 15 is 0 Å². The summed E-state index contributed by atoms with van der Waals surface area (Å²) in [6, 6.07) is 8.92. The molecule has 0 spiro atoms. The van der Waals surface area contributed by atoms with Crippen LogP contribution in [-0.4, -0.2) is 25.0 Å². The second kappa shape index (κ2) is 3.57. The van der Waals surface area contributed by atoms with Crippen LogP contribution in [0.25, 0.3) is 0 Å². The van der Waals surface area contributed by atoms with E-state index in [0.29, 0.717) is 12.0 Å². The summed E-state index contributed by atoms with van der Waals surface area (Å²) in [4.78, 5) is 2.46. The van der Waals surface area contributed by atoms with Crippen molar-refractivity contribution < 1.29 is 0 Å². The highest BCUT2D eigenvalue weighted by Gasteiger charge is 2.56. The Balaban J connectivity index is 1.88. The summed E-state index contributed by atoms with van der Waals surface area (Å²) in [6.07, 6.45) is 2.70. The van der Waals surface area contributed by atoms with Crippen LogP contribution in [0.1, 0.15) is 24.0 Å². The van der Waals surface area contributed by atoms with Crippen molar-refractivity contribution >= 4 is 0 Å². The maximum absolute atomic E-state index is 5.72. The molecule has 0 radical (unpaired) electrons. The van der Waals surface area contributed by atoms with Crippen LogP contribution in [-0.2, 0) is 12.0 Å². The fourth-order valence-corrected chi connectivity index (χ4v) is 3.29. The zero-order valence-corrected chi connectivity index (χ0v) is 9.95. The van der Waals surface area contributed by atoms with Gasteiger partial charge in [0, 0.05) is 18.5 Å². The van der Waals surface area contributed by atoms with Crippen LogP contribution < -0.4 is 5.73 Å². The molecule has 1 saturated heterocycles. The topological polar surface area (TPSA) is 29.3 Å². The molecule has 0 aromatic heterocycles. The van der Waals surface area contributed by atoms with E-state index in [1.807, 2.05) is 0 Å². The SMILES string of the molecule is CN1CCC2(c3cccc(CN)c3)CC2C1. The van der Waals surface area contributed by atoms with E-state index in [0.717, 1.165) is 5.92 Å². The minimum atomic E-state index is 0.512. The molecule has 86 valence electrons. The van der Waals surface area contributed by atoms with E-state index in [2.05, 4.69) is 36.2 Å². The highest BCUT2D eigenvalue weighted by Crippen LogP contribution is 2.58. The highest BCUT2D eigenvalue weighted by molar-refractivity contribution is 5.37. The van der Waals surface area contributed by atoms with Crippen LogP contribution in [0.15, 0.2) is 24.3 Å². The van der Waals surface area contributed by atoms with Gasteiger partial charge in [0.15, 0.2) is 0 Å². The van der Waals surface area contributed by atoms with Crippen LogP contribution in [0.5, 0.6) is 0 Å². The second-order valence-electron chi connectivity index (χ2n) is 5.47. The third-order valence-corrected chi connectivity index (χ3v) is 4.44. The number of piperidine rings is 1. The molecule has 1 heterocycles. The molecule has 1 saturated carbocycles. The molecule has 2 aliphatic rings. The first-order valence-electron chi connectivity index (χ1n) is 6.23. The van der Waals surface area contributed by atoms with Crippen LogP contribution in [0.2, 0.25) is 0 Å². The second-order valence-corrected chi connectivity index (χ2v) is 5.47. The first-order chi connectivity index (χ1) is 7.74. The summed E-state index contributed by atoms with van der Waals surface area (Å²) in [5.41, 5.74) is 9.04. The normalized spacial score (nSPS) is 33.5. The average Bonchev–Trinajstić information content (AvgIpc) is 3.04. The predicted octanol–water partition coefficient (Wildman–Crippen LogP) is 1.74. The lowest BCUT2D eigenvalue weighted by Crippen LogP contribution is -2.33. The number of fused-ring (bicyclic) bond motifs is 1. The number of nitrogens with zero attached hydrogens (tertiary/aromatic N) is 1. The fraction of sp³-hybridized carbons (Fsp3) is 0.571. The van der Waals surface area contributed by atoms with Crippen molar-refractivity contribution in [3.63, 3.8) is 0 Å². The molecule has 1 aliphatic heterocycles. The molecular weight excluding hydrogens is 196 g/mol. The Hall–Kier alpha value is -0.860. The van der Waals surface area contributed by atoms with Gasteiger partial charge in [-0.2, -0.15) is 0 Å². The van der Waals surface area contributed by atoms with Gasteiger partial charge in [-0.1, -0.05) is 24.3 Å². The van der Waals surface area contributed by atoms with Crippen molar-refractivity contribution in [2.45, 2.75) is 24.8 Å². The Kier molecular flexibility index (Phi) is 2.30. The quantitative estimate of drug-likeness (QED) is 0.816. The fourth-order valence-electron chi connectivity index (χ4n) is 3.29. The molecule has 3 rings (SSSR count). The number of nitrogens with two attached hydrogens (primary N) is 1. The summed E-state index contributed by atoms with van der Waals surface area (Å²) < 4.78 is 0. The van der Waals surface area contributed by atoms with E-state index in [4.69, 9.17) is 5.73 Å². The summed E-state index contributed by atoms with van der Waals surface area (Å²) in [5.74, 6) is 0.888. The Morgan fingerprint density at radius 1 is 1.50 bits per heavy atom. The molecule has 1 aliphatic carbocycles. The van der Waals surface area contributed by atoms with E-state index in [9.17, 15) is 0 Å². The van der Waals surface area contributed by atoms with Gasteiger partial charge in [0.05, 0.1) is 0 Å². The third kappa shape index (κ3) is 1.48. The van der Waals surface area contributed by atoms with E-state index < -0.39 is 0 Å². The van der Waals surface area contributed by atoms with Crippen LogP contribution in [0, 0.1) is 5.92 Å². The van der Waals surface area contributed by atoms with Crippen molar-refractivity contribution in [3.05, 3.63) is 35.4 Å². The molecular formula is C14H20N2. The summed E-state index contributed by atoms with van der Waals surface area (Å²) >= 11 is 0. The zero-order chi connectivity index (χ0) is 11.2. The van der Waals surface area contributed by atoms with E-state index in [1.165, 1.54) is 37.1 Å². The molecule has 1 aromatic rings. The summed E-state index contributed by atoms with van der Waals surface area (Å²) in [6.45, 7) is 3.17. The van der Waals surface area contributed by atoms with Gasteiger partial charge in [0.2, 0.25) is 0 Å². The van der Waals surface area contributed by atoms with Crippen molar-refractivity contribution in [3.8, 4) is 0 Å². The van der Waals surface area contributed by atoms with Gasteiger partial charge in [-0.25, -0.2) is 0 Å². The van der Waals surface area contributed by atoms with Gasteiger partial charge in [0.1, 0.15) is 0 Å². The molecule has 2 unspecified atom stereocenters. The van der Waals surface area contributed by atoms with Crippen LogP contribution >= 0.6 is 0 Å². The molecule has 2 fully saturated rings. The van der Waals surface area contributed by atoms with E-state index in [1.54, 1.807) is 0 Å². The van der Waals surface area contributed by atoms with Crippen LogP contribution in [0.4, 0.5) is 0 Å². The van der Waals surface area contributed by atoms with Gasteiger partial charge in [-0.05, 0) is 43.5 Å². The molecule has 0 amide bonds. The molecule has 1 aromatic carbocycles. The lowest BCUT2D eigenvalue weighted by atomic mass is 9.86. The van der Waals surface area contributed by atoms with Crippen molar-refractivity contribution in [1.82, 2.24) is 4.90 Å². The number of hydrogen-bond donors (Lipinski definition) is 1. The molecule has 0 bridgehead atoms. The van der Waals surface area contributed by atoms with Crippen molar-refractivity contribution in [2.75, 3.05) is 20.1 Å². The van der Waals surface area contributed by atoms with Gasteiger partial charge in [0.25, 0.3) is 0 Å². The first kappa shape index (κ1) is 10.3. The standard InChI is InChI=1S/C14H20N2/c1-16-6-5-14(8-13(14)10-16)12-4-2-3-11(7-12)9-15/h2-4,7,13H,5-6,8-10,15H2,1H3. The number of hydrogen-bond acceptors (Lipinski definition) is 2. The number of rotatable bonds is 2. The average molecular weight is 216 g/mol. The molecule has 2 N–H and O–H groups in total. The Morgan fingerprint density at radius 2 is 2.38 bits per heavy atom. The molecule has 16 heavy (non-hydrogen) atoms. The molecule has 2 atom stereocenters. The smallest absolute Gasteiger partial charge is 0.0178 e. The first-order valence-corrected chi connectivity index (χ1v) is 6.23. The molecule has 2 nitrogen and oxygen atoms in total. The number of benzene rings is 1. The minimum absolute atomic E-state index is 0.512. The monoisotopic (exact) mass is 216 g/mol. The van der Waals surface area contributed by atoms with Crippen molar-refractivity contribution in [2.24, 2.45) is 11.7 Å². The summed E-state index contributed by atoms with van der Waals surface area (Å²) in [7, 11) is 2.23. The minimum Gasteiger partial charge on any atom is -0.326 e. The highest BCUT2D eigenvalue weighted by atomic mass is 15.1. The van der Waals surface area contributed by atoms with Gasteiger partial charge < -0.3 is 10.6 Å². The molecule has 2 heteroatoms. The lowest BCUT2D eigenvalue weighted by Gasteiger charge is -2.29. The number of likely N-dealkylation sites (tertiary alicyclic amines) is 1. The largest absolute Gasteiger partial charge is 0.326 e. The maximum Gasteiger partial charge on any atom is 0.0178 e. The maximum atomic E-state index is 5.72. The van der Waals surface area contributed by atoms with Gasteiger partial charge in [-0.15, -0.1) is 0 Å². The Labute approximate surface area is 97.4 Å². The predicted molar refractivity (Wildman–Crippen MR) is 66.2 cm³/mol. The van der Waals surface area contributed by atoms with Crippen LogP contribution in [0.3, 0.4) is 0 Å². The zero-order valence-electron chi connectivity index (χ0n) is 9.95. The summed E-state index contributed by atoms with van der Waals surface area (Å²) in [5, 5.41) is 0. The van der Waals surface area contributed by atoms with Gasteiger partial charge in [-0.3, -0.25) is 0 Å². The van der Waals surface area contributed by atoms with Crippen molar-refractivity contribution in [1.29, 1.82) is 0 Å². The van der Waals surface area contributed by atoms with E-state index in [-0.39, 0.29) is 0 Å².